The van der Waals surface area contributed by atoms with Crippen LogP contribution in [0.5, 0.6) is 0 Å². The molecule has 0 unspecified atom stereocenters. The molecule has 1 aliphatic heterocycles. The third kappa shape index (κ3) is 1.70. The fraction of sp³-hybridized carbons (Fsp3) is 0.267. The van der Waals surface area contributed by atoms with Gasteiger partial charge in [-0.25, -0.2) is 0 Å². The van der Waals surface area contributed by atoms with Gasteiger partial charge < -0.3 is 4.90 Å². The number of aryl methyl sites for hydroxylation is 1. The second-order valence-corrected chi connectivity index (χ2v) is 4.64. The SMILES string of the molecule is CN1C=C2CCc3ccccc3C2=CCC1=O. The van der Waals surface area contributed by atoms with Gasteiger partial charge in [-0.15, -0.1) is 0 Å². The van der Waals surface area contributed by atoms with E-state index in [9.17, 15) is 4.79 Å². The lowest BCUT2D eigenvalue weighted by Gasteiger charge is -2.22. The van der Waals surface area contributed by atoms with Crippen LogP contribution < -0.4 is 0 Å². The first-order valence-corrected chi connectivity index (χ1v) is 6.01. The van der Waals surface area contributed by atoms with Crippen molar-refractivity contribution in [2.45, 2.75) is 19.3 Å². The van der Waals surface area contributed by atoms with Crippen molar-refractivity contribution in [3.05, 3.63) is 53.2 Å². The van der Waals surface area contributed by atoms with Crippen LogP contribution in [-0.2, 0) is 11.2 Å². The molecule has 1 aromatic carbocycles. The van der Waals surface area contributed by atoms with Gasteiger partial charge in [0.05, 0.1) is 0 Å². The highest BCUT2D eigenvalue weighted by atomic mass is 16.2. The van der Waals surface area contributed by atoms with Crippen molar-refractivity contribution in [2.75, 3.05) is 7.05 Å². The van der Waals surface area contributed by atoms with Crippen molar-refractivity contribution in [3.63, 3.8) is 0 Å². The highest BCUT2D eigenvalue weighted by Crippen LogP contribution is 2.36. The first kappa shape index (κ1) is 10.3. The average Bonchev–Trinajstić information content (AvgIpc) is 2.50. The van der Waals surface area contributed by atoms with Crippen LogP contribution in [0.3, 0.4) is 0 Å². The fourth-order valence-corrected chi connectivity index (χ4v) is 2.59. The Morgan fingerprint density at radius 2 is 2.00 bits per heavy atom. The molecule has 0 spiro atoms. The van der Waals surface area contributed by atoms with Gasteiger partial charge >= 0.3 is 0 Å². The lowest BCUT2D eigenvalue weighted by atomic mass is 9.84. The molecule has 0 radical (unpaired) electrons. The van der Waals surface area contributed by atoms with Crippen molar-refractivity contribution >= 4 is 11.5 Å². The number of hydrogen-bond acceptors (Lipinski definition) is 1. The Bertz CT molecular complexity index is 540. The third-order valence-corrected chi connectivity index (χ3v) is 3.54. The third-order valence-electron chi connectivity index (χ3n) is 3.54. The van der Waals surface area contributed by atoms with E-state index >= 15 is 0 Å². The maximum atomic E-state index is 11.7. The monoisotopic (exact) mass is 225 g/mol. The molecule has 1 aliphatic carbocycles. The molecule has 0 fully saturated rings. The van der Waals surface area contributed by atoms with Gasteiger partial charge in [-0.2, -0.15) is 0 Å². The number of hydrogen-bond donors (Lipinski definition) is 0. The number of carbonyl (C=O) groups is 1. The molecular weight excluding hydrogens is 210 g/mol. The van der Waals surface area contributed by atoms with Gasteiger partial charge in [0.2, 0.25) is 5.91 Å². The van der Waals surface area contributed by atoms with E-state index in [2.05, 4.69) is 30.3 Å². The lowest BCUT2D eigenvalue weighted by Crippen LogP contribution is -2.19. The van der Waals surface area contributed by atoms with Crippen molar-refractivity contribution in [2.24, 2.45) is 0 Å². The summed E-state index contributed by atoms with van der Waals surface area (Å²) < 4.78 is 0. The van der Waals surface area contributed by atoms with Gasteiger partial charge in [0.15, 0.2) is 0 Å². The summed E-state index contributed by atoms with van der Waals surface area (Å²) in [6, 6.07) is 8.49. The molecule has 0 bridgehead atoms. The molecule has 0 atom stereocenters. The zero-order valence-corrected chi connectivity index (χ0v) is 9.94. The smallest absolute Gasteiger partial charge is 0.230 e. The van der Waals surface area contributed by atoms with Crippen LogP contribution in [0.15, 0.2) is 42.1 Å². The summed E-state index contributed by atoms with van der Waals surface area (Å²) in [4.78, 5) is 13.4. The standard InChI is InChI=1S/C15H15NO/c1-16-10-12-7-6-11-4-2-3-5-13(11)14(12)8-9-15(16)17/h2-5,8,10H,6-7,9H2,1H3. The van der Waals surface area contributed by atoms with Crippen molar-refractivity contribution in [1.29, 1.82) is 0 Å². The lowest BCUT2D eigenvalue weighted by molar-refractivity contribution is -0.126. The van der Waals surface area contributed by atoms with Crippen molar-refractivity contribution in [1.82, 2.24) is 4.90 Å². The number of rotatable bonds is 0. The zero-order chi connectivity index (χ0) is 11.8. The first-order valence-electron chi connectivity index (χ1n) is 6.01. The summed E-state index contributed by atoms with van der Waals surface area (Å²) in [6.45, 7) is 0. The summed E-state index contributed by atoms with van der Waals surface area (Å²) in [7, 11) is 1.84. The van der Waals surface area contributed by atoms with Gasteiger partial charge in [0.1, 0.15) is 0 Å². The summed E-state index contributed by atoms with van der Waals surface area (Å²) in [5.41, 5.74) is 5.24. The topological polar surface area (TPSA) is 20.3 Å². The molecule has 86 valence electrons. The zero-order valence-electron chi connectivity index (χ0n) is 9.94. The van der Waals surface area contributed by atoms with Gasteiger partial charge in [-0.05, 0) is 35.1 Å². The molecule has 0 N–H and O–H groups in total. The molecule has 2 aliphatic rings. The van der Waals surface area contributed by atoms with Crippen LogP contribution in [0, 0.1) is 0 Å². The normalized spacial score (nSPS) is 18.9. The Morgan fingerprint density at radius 1 is 1.18 bits per heavy atom. The predicted octanol–water partition coefficient (Wildman–Crippen LogP) is 2.76. The summed E-state index contributed by atoms with van der Waals surface area (Å²) in [5.74, 6) is 0.164. The molecule has 1 amide bonds. The summed E-state index contributed by atoms with van der Waals surface area (Å²) in [6.07, 6.45) is 6.68. The summed E-state index contributed by atoms with van der Waals surface area (Å²) in [5, 5.41) is 0. The van der Waals surface area contributed by atoms with Crippen LogP contribution in [0.2, 0.25) is 0 Å². The Kier molecular flexibility index (Phi) is 2.36. The van der Waals surface area contributed by atoms with E-state index in [0.29, 0.717) is 6.42 Å². The maximum Gasteiger partial charge on any atom is 0.230 e. The van der Waals surface area contributed by atoms with E-state index in [4.69, 9.17) is 0 Å². The van der Waals surface area contributed by atoms with E-state index in [-0.39, 0.29) is 5.91 Å². The van der Waals surface area contributed by atoms with Gasteiger partial charge in [-0.3, -0.25) is 4.79 Å². The van der Waals surface area contributed by atoms with Crippen LogP contribution in [-0.4, -0.2) is 17.9 Å². The Morgan fingerprint density at radius 3 is 2.88 bits per heavy atom. The maximum absolute atomic E-state index is 11.7. The minimum atomic E-state index is 0.164. The number of benzene rings is 1. The second kappa shape index (κ2) is 3.88. The fourth-order valence-electron chi connectivity index (χ4n) is 2.59. The number of fused-ring (bicyclic) bond motifs is 3. The number of amides is 1. The quantitative estimate of drug-likeness (QED) is 0.665. The molecule has 0 saturated heterocycles. The van der Waals surface area contributed by atoms with E-state index in [1.54, 1.807) is 4.90 Å². The number of allylic oxidation sites excluding steroid dienone is 2. The van der Waals surface area contributed by atoms with Crippen molar-refractivity contribution < 1.29 is 4.79 Å². The van der Waals surface area contributed by atoms with Gasteiger partial charge in [-0.1, -0.05) is 30.3 Å². The Labute approximate surface area is 101 Å². The van der Waals surface area contributed by atoms with Crippen LogP contribution >= 0.6 is 0 Å². The van der Waals surface area contributed by atoms with E-state index in [0.717, 1.165) is 12.8 Å². The second-order valence-electron chi connectivity index (χ2n) is 4.64. The van der Waals surface area contributed by atoms with Gasteiger partial charge in [0.25, 0.3) is 0 Å². The molecule has 3 rings (SSSR count). The van der Waals surface area contributed by atoms with Crippen molar-refractivity contribution in [3.8, 4) is 0 Å². The highest BCUT2D eigenvalue weighted by Gasteiger charge is 2.21. The number of nitrogens with zero attached hydrogens (tertiary/aromatic N) is 1. The first-order chi connectivity index (χ1) is 8.25. The molecule has 0 aromatic heterocycles. The highest BCUT2D eigenvalue weighted by molar-refractivity contribution is 5.89. The van der Waals surface area contributed by atoms with Crippen LogP contribution in [0.1, 0.15) is 24.0 Å². The largest absolute Gasteiger partial charge is 0.322 e. The Balaban J connectivity index is 2.14. The molecular formula is C15H15NO. The Hall–Kier alpha value is -1.83. The van der Waals surface area contributed by atoms with E-state index < -0.39 is 0 Å². The molecule has 2 nitrogen and oxygen atoms in total. The van der Waals surface area contributed by atoms with Gasteiger partial charge in [0, 0.05) is 19.7 Å². The molecule has 2 heteroatoms. The minimum Gasteiger partial charge on any atom is -0.322 e. The molecule has 0 saturated carbocycles. The van der Waals surface area contributed by atoms with Crippen LogP contribution in [0.4, 0.5) is 0 Å². The van der Waals surface area contributed by atoms with E-state index in [1.807, 2.05) is 13.2 Å². The predicted molar refractivity (Wildman–Crippen MR) is 68.2 cm³/mol. The summed E-state index contributed by atoms with van der Waals surface area (Å²) >= 11 is 0. The minimum absolute atomic E-state index is 0.164. The molecule has 1 aromatic rings. The molecule has 17 heavy (non-hydrogen) atoms. The number of carbonyl (C=O) groups excluding carboxylic acids is 1. The van der Waals surface area contributed by atoms with Crippen LogP contribution in [0.25, 0.3) is 5.57 Å². The molecule has 1 heterocycles. The average molecular weight is 225 g/mol. The van der Waals surface area contributed by atoms with E-state index in [1.165, 1.54) is 22.3 Å².